The summed E-state index contributed by atoms with van der Waals surface area (Å²) < 4.78 is 36.7. The number of amides is 1. The van der Waals surface area contributed by atoms with E-state index in [0.29, 0.717) is 36.0 Å². The molecule has 0 saturated carbocycles. The Morgan fingerprint density at radius 3 is 2.53 bits per heavy atom. The van der Waals surface area contributed by atoms with Crippen molar-refractivity contribution in [1.29, 1.82) is 0 Å². The zero-order chi connectivity index (χ0) is 23.8. The van der Waals surface area contributed by atoms with E-state index in [1.165, 1.54) is 23.3 Å². The number of ether oxygens (including phenoxy) is 2. The Kier molecular flexibility index (Phi) is 5.57. The molecule has 0 bridgehead atoms. The quantitative estimate of drug-likeness (QED) is 0.381. The van der Waals surface area contributed by atoms with Gasteiger partial charge in [0.15, 0.2) is 16.9 Å². The largest absolute Gasteiger partial charge is 0.490 e. The minimum Gasteiger partial charge on any atom is -0.490 e. The number of furan rings is 1. The van der Waals surface area contributed by atoms with Crippen LogP contribution < -0.4 is 14.9 Å². The number of fused-ring (bicyclic) bond motifs is 2. The molecule has 1 amide bonds. The van der Waals surface area contributed by atoms with Crippen molar-refractivity contribution >= 4 is 16.9 Å². The van der Waals surface area contributed by atoms with Crippen molar-refractivity contribution in [3.8, 4) is 11.5 Å². The molecule has 174 valence electrons. The molecule has 0 fully saturated rings. The van der Waals surface area contributed by atoms with Crippen LogP contribution in [0.25, 0.3) is 11.0 Å². The molecule has 8 heteroatoms. The molecule has 5 rings (SSSR count). The summed E-state index contributed by atoms with van der Waals surface area (Å²) >= 11 is 0. The van der Waals surface area contributed by atoms with Crippen molar-refractivity contribution in [3.05, 3.63) is 93.5 Å². The number of benzene rings is 2. The Bertz CT molecular complexity index is 1430. The summed E-state index contributed by atoms with van der Waals surface area (Å²) in [4.78, 5) is 28.5. The lowest BCUT2D eigenvalue weighted by Gasteiger charge is -2.25. The van der Waals surface area contributed by atoms with Gasteiger partial charge in [-0.05, 0) is 61.9 Å². The number of hydrogen-bond donors (Lipinski definition) is 0. The Morgan fingerprint density at radius 2 is 1.79 bits per heavy atom. The van der Waals surface area contributed by atoms with Crippen LogP contribution in [0.15, 0.2) is 68.4 Å². The average molecular weight is 463 g/mol. The first-order valence-corrected chi connectivity index (χ1v) is 11.0. The summed E-state index contributed by atoms with van der Waals surface area (Å²) in [6, 6.07) is 11.6. The first-order chi connectivity index (χ1) is 16.5. The van der Waals surface area contributed by atoms with Gasteiger partial charge in [-0.2, -0.15) is 0 Å². The Morgan fingerprint density at radius 1 is 1.00 bits per heavy atom. The lowest BCUT2D eigenvalue weighted by Crippen LogP contribution is -2.29. The fourth-order valence-electron chi connectivity index (χ4n) is 4.31. The maximum atomic E-state index is 13.9. The molecule has 0 N–H and O–H groups in total. The van der Waals surface area contributed by atoms with E-state index in [0.717, 1.165) is 6.07 Å². The summed E-state index contributed by atoms with van der Waals surface area (Å²) in [5.74, 6) is 0.525. The third-order valence-electron chi connectivity index (χ3n) is 5.72. The molecule has 1 aliphatic rings. The molecule has 34 heavy (non-hydrogen) atoms. The fourth-order valence-corrected chi connectivity index (χ4v) is 4.31. The summed E-state index contributed by atoms with van der Waals surface area (Å²) in [5.41, 5.74) is 0.483. The van der Waals surface area contributed by atoms with Crippen LogP contribution in [0.3, 0.4) is 0 Å². The van der Waals surface area contributed by atoms with Crippen LogP contribution in [0.1, 0.15) is 47.3 Å². The highest BCUT2D eigenvalue weighted by atomic mass is 19.1. The molecule has 4 aromatic rings. The van der Waals surface area contributed by atoms with E-state index in [-0.39, 0.29) is 28.8 Å². The molecule has 1 atom stereocenters. The van der Waals surface area contributed by atoms with Crippen molar-refractivity contribution in [2.75, 3.05) is 13.2 Å². The molecule has 2 aromatic carbocycles. The van der Waals surface area contributed by atoms with Crippen LogP contribution in [-0.4, -0.2) is 24.0 Å². The molecule has 3 heterocycles. The van der Waals surface area contributed by atoms with Gasteiger partial charge in [0.25, 0.3) is 5.91 Å². The van der Waals surface area contributed by atoms with Gasteiger partial charge in [0, 0.05) is 0 Å². The molecular formula is C26H22FNO6. The third-order valence-corrected chi connectivity index (χ3v) is 5.72. The van der Waals surface area contributed by atoms with Crippen LogP contribution in [-0.2, 0) is 6.54 Å². The van der Waals surface area contributed by atoms with Crippen molar-refractivity contribution < 1.29 is 27.5 Å². The van der Waals surface area contributed by atoms with Crippen LogP contribution in [0, 0.1) is 5.82 Å². The molecule has 7 nitrogen and oxygen atoms in total. The molecule has 0 saturated heterocycles. The van der Waals surface area contributed by atoms with Crippen molar-refractivity contribution in [2.24, 2.45) is 0 Å². The number of nitrogens with zero attached hydrogens (tertiary/aromatic N) is 1. The van der Waals surface area contributed by atoms with Gasteiger partial charge >= 0.3 is 0 Å². The van der Waals surface area contributed by atoms with E-state index in [2.05, 4.69) is 0 Å². The monoisotopic (exact) mass is 463 g/mol. The average Bonchev–Trinajstić information content (AvgIpc) is 3.43. The van der Waals surface area contributed by atoms with E-state index in [1.807, 2.05) is 13.8 Å². The summed E-state index contributed by atoms with van der Waals surface area (Å²) in [6.07, 6.45) is 1.52. The SMILES string of the molecule is CCOc1ccc(C2c3c(oc4ccc(F)cc4c3=O)C(=O)N2Cc2ccco2)cc1OCC. The highest BCUT2D eigenvalue weighted by molar-refractivity contribution is 5.99. The molecule has 0 radical (unpaired) electrons. The third kappa shape index (κ3) is 3.61. The fraction of sp³-hybridized carbons (Fsp3) is 0.231. The molecule has 0 aliphatic carbocycles. The molecular weight excluding hydrogens is 441 g/mol. The summed E-state index contributed by atoms with van der Waals surface area (Å²) in [7, 11) is 0. The van der Waals surface area contributed by atoms with Crippen molar-refractivity contribution in [1.82, 2.24) is 4.90 Å². The first kappa shape index (κ1) is 21.8. The smallest absolute Gasteiger partial charge is 0.291 e. The van der Waals surface area contributed by atoms with Crippen molar-refractivity contribution in [3.63, 3.8) is 0 Å². The number of halogens is 1. The van der Waals surface area contributed by atoms with Gasteiger partial charge in [-0.15, -0.1) is 0 Å². The maximum absolute atomic E-state index is 13.9. The normalized spacial score (nSPS) is 15.1. The zero-order valence-electron chi connectivity index (χ0n) is 18.7. The van der Waals surface area contributed by atoms with E-state index in [9.17, 15) is 14.0 Å². The summed E-state index contributed by atoms with van der Waals surface area (Å²) in [6.45, 7) is 4.70. The van der Waals surface area contributed by atoms with Crippen LogP contribution >= 0.6 is 0 Å². The van der Waals surface area contributed by atoms with Gasteiger partial charge in [0.1, 0.15) is 17.2 Å². The van der Waals surface area contributed by atoms with Crippen LogP contribution in [0.2, 0.25) is 0 Å². The minimum atomic E-state index is -0.786. The molecule has 1 unspecified atom stereocenters. The summed E-state index contributed by atoms with van der Waals surface area (Å²) in [5, 5.41) is 0.0763. The zero-order valence-corrected chi connectivity index (χ0v) is 18.7. The molecule has 0 spiro atoms. The minimum absolute atomic E-state index is 0.0625. The van der Waals surface area contributed by atoms with E-state index >= 15 is 0 Å². The van der Waals surface area contributed by atoms with Gasteiger partial charge in [0.05, 0.1) is 43.0 Å². The van der Waals surface area contributed by atoms with Gasteiger partial charge in [0.2, 0.25) is 5.76 Å². The highest BCUT2D eigenvalue weighted by Crippen LogP contribution is 2.41. The van der Waals surface area contributed by atoms with Gasteiger partial charge in [-0.1, -0.05) is 6.07 Å². The molecule has 2 aromatic heterocycles. The molecule has 1 aliphatic heterocycles. The number of carbonyl (C=O) groups excluding carboxylic acids is 1. The Balaban J connectivity index is 1.72. The predicted molar refractivity (Wildman–Crippen MR) is 122 cm³/mol. The first-order valence-electron chi connectivity index (χ1n) is 11.0. The van der Waals surface area contributed by atoms with E-state index in [1.54, 1.807) is 30.3 Å². The maximum Gasteiger partial charge on any atom is 0.291 e. The Hall–Kier alpha value is -4.07. The van der Waals surface area contributed by atoms with E-state index in [4.69, 9.17) is 18.3 Å². The number of rotatable bonds is 7. The number of carbonyl (C=O) groups is 1. The predicted octanol–water partition coefficient (Wildman–Crippen LogP) is 5.07. The lowest BCUT2D eigenvalue weighted by molar-refractivity contribution is 0.0701. The van der Waals surface area contributed by atoms with Crippen molar-refractivity contribution in [2.45, 2.75) is 26.4 Å². The number of hydrogen-bond acceptors (Lipinski definition) is 6. The second-order valence-corrected chi connectivity index (χ2v) is 7.80. The Labute approximate surface area is 194 Å². The lowest BCUT2D eigenvalue weighted by atomic mass is 9.98. The highest BCUT2D eigenvalue weighted by Gasteiger charge is 2.43. The van der Waals surface area contributed by atoms with Gasteiger partial charge in [-0.3, -0.25) is 9.59 Å². The van der Waals surface area contributed by atoms with Crippen LogP contribution in [0.5, 0.6) is 11.5 Å². The topological polar surface area (TPSA) is 82.1 Å². The van der Waals surface area contributed by atoms with Gasteiger partial charge < -0.3 is 23.2 Å². The standard InChI is InChI=1S/C26H22FNO6/c1-3-31-20-9-7-15(12-21(20)32-4-2)23-22-24(29)18-13-16(27)8-10-19(18)34-25(22)26(30)28(23)14-17-6-5-11-33-17/h5-13,23H,3-4,14H2,1-2H3. The van der Waals surface area contributed by atoms with Gasteiger partial charge in [-0.25, -0.2) is 4.39 Å². The second kappa shape index (κ2) is 8.70. The second-order valence-electron chi connectivity index (χ2n) is 7.80. The van der Waals surface area contributed by atoms with E-state index < -0.39 is 23.2 Å². The van der Waals surface area contributed by atoms with Crippen LogP contribution in [0.4, 0.5) is 4.39 Å².